The number of tetrazole rings is 1. The first-order valence-corrected chi connectivity index (χ1v) is 5.00. The maximum Gasteiger partial charge on any atom is 0.293 e. The Labute approximate surface area is 96.9 Å². The highest BCUT2D eigenvalue weighted by molar-refractivity contribution is 5.89. The van der Waals surface area contributed by atoms with Crippen LogP contribution in [-0.4, -0.2) is 31.6 Å². The molecular weight excluding hydrogens is 222 g/mol. The molecule has 0 aliphatic heterocycles. The van der Waals surface area contributed by atoms with Crippen molar-refractivity contribution in [3.8, 4) is 0 Å². The molecule has 0 radical (unpaired) electrons. The lowest BCUT2D eigenvalue weighted by molar-refractivity contribution is 0.0940. The summed E-state index contributed by atoms with van der Waals surface area (Å²) < 4.78 is 0. The number of hydrogen-bond donors (Lipinski definition) is 3. The third kappa shape index (κ3) is 2.85. The summed E-state index contributed by atoms with van der Waals surface area (Å²) in [5, 5.41) is 24.2. The Balaban J connectivity index is 1.91. The SMILES string of the molecule is O=C(NCc1ccc(CO)cc1)c1nn[nH]n1. The third-order valence-corrected chi connectivity index (χ3v) is 2.21. The molecule has 17 heavy (non-hydrogen) atoms. The second kappa shape index (κ2) is 5.17. The van der Waals surface area contributed by atoms with Crippen molar-refractivity contribution in [2.24, 2.45) is 0 Å². The number of nitrogens with zero attached hydrogens (tertiary/aromatic N) is 3. The zero-order valence-corrected chi connectivity index (χ0v) is 8.92. The maximum atomic E-state index is 11.5. The predicted octanol–water partition coefficient (Wildman–Crippen LogP) is -0.378. The molecule has 0 saturated heterocycles. The molecule has 1 heterocycles. The fourth-order valence-corrected chi connectivity index (χ4v) is 1.28. The van der Waals surface area contributed by atoms with Crippen molar-refractivity contribution in [3.05, 3.63) is 41.2 Å². The number of aliphatic hydroxyl groups excluding tert-OH is 1. The Hall–Kier alpha value is -2.28. The van der Waals surface area contributed by atoms with Gasteiger partial charge in [-0.3, -0.25) is 4.79 Å². The number of hydrogen-bond acceptors (Lipinski definition) is 5. The van der Waals surface area contributed by atoms with Crippen molar-refractivity contribution in [2.75, 3.05) is 0 Å². The van der Waals surface area contributed by atoms with Crippen LogP contribution in [0.5, 0.6) is 0 Å². The number of carbonyl (C=O) groups is 1. The summed E-state index contributed by atoms with van der Waals surface area (Å²) in [4.78, 5) is 11.5. The van der Waals surface area contributed by atoms with Crippen LogP contribution in [0.1, 0.15) is 21.7 Å². The number of nitrogens with one attached hydrogen (secondary N) is 2. The molecular formula is C10H11N5O2. The molecule has 0 fully saturated rings. The van der Waals surface area contributed by atoms with Gasteiger partial charge in [0.15, 0.2) is 0 Å². The van der Waals surface area contributed by atoms with Gasteiger partial charge in [-0.05, 0) is 16.3 Å². The third-order valence-electron chi connectivity index (χ3n) is 2.21. The number of H-pyrrole nitrogens is 1. The zero-order valence-electron chi connectivity index (χ0n) is 8.92. The number of amides is 1. The smallest absolute Gasteiger partial charge is 0.293 e. The van der Waals surface area contributed by atoms with Gasteiger partial charge in [-0.25, -0.2) is 0 Å². The van der Waals surface area contributed by atoms with Crippen molar-refractivity contribution in [1.82, 2.24) is 25.9 Å². The van der Waals surface area contributed by atoms with Gasteiger partial charge in [0, 0.05) is 6.54 Å². The van der Waals surface area contributed by atoms with Gasteiger partial charge < -0.3 is 10.4 Å². The molecule has 0 aliphatic rings. The summed E-state index contributed by atoms with van der Waals surface area (Å²) in [5.74, 6) is -0.373. The molecule has 7 heteroatoms. The van der Waals surface area contributed by atoms with Crippen LogP contribution < -0.4 is 5.32 Å². The van der Waals surface area contributed by atoms with E-state index >= 15 is 0 Å². The van der Waals surface area contributed by atoms with Gasteiger partial charge in [0.2, 0.25) is 0 Å². The second-order valence-corrected chi connectivity index (χ2v) is 3.39. The van der Waals surface area contributed by atoms with E-state index < -0.39 is 0 Å². The van der Waals surface area contributed by atoms with Crippen LogP contribution in [-0.2, 0) is 13.2 Å². The van der Waals surface area contributed by atoms with Crippen LogP contribution in [0.15, 0.2) is 24.3 Å². The first kappa shape index (κ1) is 11.2. The maximum absolute atomic E-state index is 11.5. The predicted molar refractivity (Wildman–Crippen MR) is 57.7 cm³/mol. The fraction of sp³-hybridized carbons (Fsp3) is 0.200. The molecule has 88 valence electrons. The van der Waals surface area contributed by atoms with E-state index in [2.05, 4.69) is 25.9 Å². The molecule has 1 amide bonds. The second-order valence-electron chi connectivity index (χ2n) is 3.39. The van der Waals surface area contributed by atoms with E-state index in [4.69, 9.17) is 5.11 Å². The number of aromatic nitrogens is 4. The van der Waals surface area contributed by atoms with Gasteiger partial charge in [0.05, 0.1) is 6.61 Å². The topological polar surface area (TPSA) is 104 Å². The fourth-order valence-electron chi connectivity index (χ4n) is 1.28. The van der Waals surface area contributed by atoms with Crippen LogP contribution in [0.25, 0.3) is 0 Å². The molecule has 0 spiro atoms. The highest BCUT2D eigenvalue weighted by Crippen LogP contribution is 2.04. The molecule has 2 rings (SSSR count). The minimum absolute atomic E-state index is 0.00942. The molecule has 0 atom stereocenters. The van der Waals surface area contributed by atoms with Gasteiger partial charge in [-0.2, -0.15) is 5.21 Å². The van der Waals surface area contributed by atoms with E-state index in [0.29, 0.717) is 6.54 Å². The average molecular weight is 233 g/mol. The Kier molecular flexibility index (Phi) is 3.41. The van der Waals surface area contributed by atoms with E-state index in [1.807, 2.05) is 12.1 Å². The first-order valence-electron chi connectivity index (χ1n) is 5.00. The summed E-state index contributed by atoms with van der Waals surface area (Å²) in [5.41, 5.74) is 1.76. The molecule has 2 aromatic rings. The van der Waals surface area contributed by atoms with Crippen molar-refractivity contribution in [1.29, 1.82) is 0 Å². The molecule has 7 nitrogen and oxygen atoms in total. The van der Waals surface area contributed by atoms with Gasteiger partial charge in [-0.1, -0.05) is 24.3 Å². The van der Waals surface area contributed by atoms with Gasteiger partial charge in [0.25, 0.3) is 11.7 Å². The normalized spacial score (nSPS) is 10.2. The van der Waals surface area contributed by atoms with Crippen LogP contribution in [0, 0.1) is 0 Å². The lowest BCUT2D eigenvalue weighted by Crippen LogP contribution is -2.24. The van der Waals surface area contributed by atoms with Crippen LogP contribution in [0.4, 0.5) is 0 Å². The van der Waals surface area contributed by atoms with Crippen molar-refractivity contribution in [2.45, 2.75) is 13.2 Å². The number of rotatable bonds is 4. The van der Waals surface area contributed by atoms with E-state index in [9.17, 15) is 4.79 Å². The Morgan fingerprint density at radius 2 is 2.00 bits per heavy atom. The van der Waals surface area contributed by atoms with Gasteiger partial charge >= 0.3 is 0 Å². The van der Waals surface area contributed by atoms with Crippen molar-refractivity contribution < 1.29 is 9.90 Å². The van der Waals surface area contributed by atoms with E-state index in [0.717, 1.165) is 11.1 Å². The van der Waals surface area contributed by atoms with Crippen LogP contribution in [0.3, 0.4) is 0 Å². The van der Waals surface area contributed by atoms with E-state index in [1.165, 1.54) is 0 Å². The molecule has 0 aliphatic carbocycles. The molecule has 0 bridgehead atoms. The first-order chi connectivity index (χ1) is 8.29. The number of aliphatic hydroxyl groups is 1. The summed E-state index contributed by atoms with van der Waals surface area (Å²) in [6, 6.07) is 7.27. The minimum atomic E-state index is -0.384. The summed E-state index contributed by atoms with van der Waals surface area (Å²) >= 11 is 0. The van der Waals surface area contributed by atoms with Crippen molar-refractivity contribution >= 4 is 5.91 Å². The number of aromatic amines is 1. The van der Waals surface area contributed by atoms with Gasteiger partial charge in [-0.15, -0.1) is 10.2 Å². The average Bonchev–Trinajstić information content (AvgIpc) is 2.90. The van der Waals surface area contributed by atoms with Gasteiger partial charge in [0.1, 0.15) is 0 Å². The highest BCUT2D eigenvalue weighted by Gasteiger charge is 2.09. The summed E-state index contributed by atoms with van der Waals surface area (Å²) in [6.45, 7) is 0.384. The quantitative estimate of drug-likeness (QED) is 0.668. The largest absolute Gasteiger partial charge is 0.392 e. The minimum Gasteiger partial charge on any atom is -0.392 e. The zero-order chi connectivity index (χ0) is 12.1. The van der Waals surface area contributed by atoms with Crippen LogP contribution in [0.2, 0.25) is 0 Å². The molecule has 1 aromatic heterocycles. The highest BCUT2D eigenvalue weighted by atomic mass is 16.3. The van der Waals surface area contributed by atoms with E-state index in [-0.39, 0.29) is 18.3 Å². The van der Waals surface area contributed by atoms with Crippen molar-refractivity contribution in [3.63, 3.8) is 0 Å². The Morgan fingerprint density at radius 3 is 2.59 bits per heavy atom. The van der Waals surface area contributed by atoms with E-state index in [1.54, 1.807) is 12.1 Å². The lowest BCUT2D eigenvalue weighted by atomic mass is 10.1. The summed E-state index contributed by atoms with van der Waals surface area (Å²) in [6.07, 6.45) is 0. The number of benzene rings is 1. The molecule has 0 unspecified atom stereocenters. The molecule has 3 N–H and O–H groups in total. The van der Waals surface area contributed by atoms with Crippen LogP contribution >= 0.6 is 0 Å². The molecule has 0 saturated carbocycles. The summed E-state index contributed by atoms with van der Waals surface area (Å²) in [7, 11) is 0. The lowest BCUT2D eigenvalue weighted by Gasteiger charge is -2.03. The molecule has 1 aromatic carbocycles. The number of carbonyl (C=O) groups excluding carboxylic acids is 1. The Morgan fingerprint density at radius 1 is 1.29 bits per heavy atom. The standard InChI is InChI=1S/C10H11N5O2/c16-6-8-3-1-7(2-4-8)5-11-10(17)9-12-14-15-13-9/h1-4,16H,5-6H2,(H,11,17)(H,12,13,14,15). The Bertz CT molecular complexity index is 480. The monoisotopic (exact) mass is 233 g/mol.